The molecule has 0 aromatic carbocycles. The first kappa shape index (κ1) is 19.8. The van der Waals surface area contributed by atoms with Crippen molar-refractivity contribution in [2.75, 3.05) is 13.2 Å². The first-order valence-corrected chi connectivity index (χ1v) is 7.07. The molecule has 1 aliphatic heterocycles. The quantitative estimate of drug-likeness (QED) is 0.490. The maximum Gasteiger partial charge on any atom is 0.305 e. The van der Waals surface area contributed by atoms with Crippen LogP contribution < -0.4 is 0 Å². The van der Waals surface area contributed by atoms with E-state index >= 15 is 0 Å². The summed E-state index contributed by atoms with van der Waals surface area (Å²) in [5.74, 6) is -5.17. The van der Waals surface area contributed by atoms with Gasteiger partial charge < -0.3 is 28.8 Å². The zero-order chi connectivity index (χ0) is 18.5. The second-order valence-electron chi connectivity index (χ2n) is 5.13. The number of ether oxygens (including phenoxy) is 5. The molecule has 1 fully saturated rings. The van der Waals surface area contributed by atoms with Crippen LogP contribution in [0.1, 0.15) is 27.7 Å². The molecule has 1 saturated heterocycles. The Morgan fingerprint density at radius 1 is 0.958 bits per heavy atom. The molecule has 0 spiro atoms. The summed E-state index contributed by atoms with van der Waals surface area (Å²) in [6, 6.07) is 0. The number of carbonyl (C=O) groups excluding carboxylic acids is 4. The third-order valence-electron chi connectivity index (χ3n) is 3.04. The molecule has 0 aromatic heterocycles. The lowest BCUT2D eigenvalue weighted by molar-refractivity contribution is -0.337. The zero-order valence-electron chi connectivity index (χ0n) is 13.8. The lowest BCUT2D eigenvalue weighted by atomic mass is 9.96. The summed E-state index contributed by atoms with van der Waals surface area (Å²) in [5.41, 5.74) is 0. The summed E-state index contributed by atoms with van der Waals surface area (Å²) >= 11 is 0. The largest absolute Gasteiger partial charge is 0.456 e. The molecule has 0 bridgehead atoms. The van der Waals surface area contributed by atoms with Crippen molar-refractivity contribution >= 4 is 23.9 Å². The van der Waals surface area contributed by atoms with Crippen LogP contribution in [0.25, 0.3) is 0 Å². The van der Waals surface area contributed by atoms with E-state index in [0.29, 0.717) is 0 Å². The molecule has 1 rings (SSSR count). The Kier molecular flexibility index (Phi) is 6.67. The molecule has 0 amide bonds. The van der Waals surface area contributed by atoms with Crippen molar-refractivity contribution in [2.45, 2.75) is 51.8 Å². The molecule has 0 aliphatic carbocycles. The Balaban J connectivity index is 3.28. The molecule has 136 valence electrons. The monoisotopic (exact) mass is 348 g/mol. The summed E-state index contributed by atoms with van der Waals surface area (Å²) in [6.45, 7) is 3.11. The van der Waals surface area contributed by atoms with Crippen molar-refractivity contribution in [3.63, 3.8) is 0 Å². The average Bonchev–Trinajstić information content (AvgIpc) is 2.43. The summed E-state index contributed by atoms with van der Waals surface area (Å²) in [4.78, 5) is 45.4. The van der Waals surface area contributed by atoms with Gasteiger partial charge in [0.05, 0.1) is 6.61 Å². The Morgan fingerprint density at radius 2 is 1.50 bits per heavy atom. The number of aliphatic hydroxyl groups is 1. The highest BCUT2D eigenvalue weighted by atomic mass is 16.8. The predicted octanol–water partition coefficient (Wildman–Crippen LogP) is -0.937. The van der Waals surface area contributed by atoms with Crippen molar-refractivity contribution in [2.24, 2.45) is 0 Å². The molecular weight excluding hydrogens is 328 g/mol. The van der Waals surface area contributed by atoms with Crippen LogP contribution in [0.5, 0.6) is 0 Å². The van der Waals surface area contributed by atoms with Crippen molar-refractivity contribution in [1.82, 2.24) is 0 Å². The molecule has 10 heteroatoms. The Hall–Kier alpha value is -2.20. The van der Waals surface area contributed by atoms with Gasteiger partial charge >= 0.3 is 23.9 Å². The molecule has 1 aliphatic rings. The molecule has 24 heavy (non-hydrogen) atoms. The van der Waals surface area contributed by atoms with Crippen molar-refractivity contribution in [1.29, 1.82) is 0 Å². The van der Waals surface area contributed by atoms with Gasteiger partial charge in [-0.2, -0.15) is 0 Å². The van der Waals surface area contributed by atoms with E-state index in [0.717, 1.165) is 27.7 Å². The van der Waals surface area contributed by atoms with Crippen molar-refractivity contribution in [3.8, 4) is 0 Å². The van der Waals surface area contributed by atoms with Gasteiger partial charge in [0.25, 0.3) is 5.79 Å². The number of esters is 4. The van der Waals surface area contributed by atoms with Gasteiger partial charge in [-0.3, -0.25) is 19.2 Å². The van der Waals surface area contributed by atoms with E-state index in [-0.39, 0.29) is 6.61 Å². The van der Waals surface area contributed by atoms with Crippen LogP contribution >= 0.6 is 0 Å². The third-order valence-corrected chi connectivity index (χ3v) is 3.04. The molecule has 0 aromatic rings. The Labute approximate surface area is 137 Å². The minimum Gasteiger partial charge on any atom is -0.456 e. The highest BCUT2D eigenvalue weighted by molar-refractivity contribution is 5.69. The van der Waals surface area contributed by atoms with Gasteiger partial charge in [-0.25, -0.2) is 0 Å². The fourth-order valence-corrected chi connectivity index (χ4v) is 2.32. The van der Waals surface area contributed by atoms with E-state index in [1.807, 2.05) is 0 Å². The molecule has 1 heterocycles. The Bertz CT molecular complexity index is 516. The van der Waals surface area contributed by atoms with E-state index in [1.165, 1.54) is 0 Å². The van der Waals surface area contributed by atoms with Gasteiger partial charge in [0.15, 0.2) is 12.2 Å². The Morgan fingerprint density at radius 3 is 1.92 bits per heavy atom. The first-order valence-electron chi connectivity index (χ1n) is 7.07. The van der Waals surface area contributed by atoms with Gasteiger partial charge in [-0.05, 0) is 0 Å². The normalized spacial score (nSPS) is 29.3. The van der Waals surface area contributed by atoms with Crippen LogP contribution in [-0.2, 0) is 42.9 Å². The second kappa shape index (κ2) is 8.06. The molecular formula is C14H20O10. The highest BCUT2D eigenvalue weighted by Gasteiger charge is 2.58. The molecule has 0 radical (unpaired) electrons. The van der Waals surface area contributed by atoms with E-state index in [4.69, 9.17) is 23.7 Å². The number of hydrogen-bond acceptors (Lipinski definition) is 10. The average molecular weight is 348 g/mol. The fourth-order valence-electron chi connectivity index (χ4n) is 2.32. The predicted molar refractivity (Wildman–Crippen MR) is 74.2 cm³/mol. The molecule has 1 N–H and O–H groups in total. The summed E-state index contributed by atoms with van der Waals surface area (Å²) in [5, 5.41) is 9.65. The standard InChI is InChI=1S/C14H20O10/c1-7(16)21-11-5-20-14(6-15,24-10(4)19)13(23-9(3)18)12(11)22-8(2)17/h11-13,15H,5-6H2,1-4H3. The summed E-state index contributed by atoms with van der Waals surface area (Å²) < 4.78 is 25.5. The first-order chi connectivity index (χ1) is 11.1. The van der Waals surface area contributed by atoms with Gasteiger partial charge in [0, 0.05) is 27.7 Å². The molecule has 4 atom stereocenters. The highest BCUT2D eigenvalue weighted by Crippen LogP contribution is 2.33. The van der Waals surface area contributed by atoms with Crippen LogP contribution in [0.4, 0.5) is 0 Å². The number of rotatable bonds is 5. The SMILES string of the molecule is CC(=O)OC1COC(CO)(OC(C)=O)C(OC(C)=O)C1OC(C)=O. The lowest BCUT2D eigenvalue weighted by Crippen LogP contribution is -2.66. The topological polar surface area (TPSA) is 135 Å². The van der Waals surface area contributed by atoms with Crippen LogP contribution in [0, 0.1) is 0 Å². The van der Waals surface area contributed by atoms with Crippen LogP contribution in [0.15, 0.2) is 0 Å². The van der Waals surface area contributed by atoms with Gasteiger partial charge in [0.2, 0.25) is 6.10 Å². The van der Waals surface area contributed by atoms with Crippen molar-refractivity contribution in [3.05, 3.63) is 0 Å². The molecule has 4 unspecified atom stereocenters. The van der Waals surface area contributed by atoms with Crippen LogP contribution in [0.3, 0.4) is 0 Å². The van der Waals surface area contributed by atoms with E-state index in [2.05, 4.69) is 0 Å². The second-order valence-corrected chi connectivity index (χ2v) is 5.13. The van der Waals surface area contributed by atoms with Crippen LogP contribution in [-0.4, -0.2) is 66.3 Å². The van der Waals surface area contributed by atoms with Gasteiger partial charge in [-0.1, -0.05) is 0 Å². The van der Waals surface area contributed by atoms with Crippen LogP contribution in [0.2, 0.25) is 0 Å². The molecule has 10 nitrogen and oxygen atoms in total. The maximum atomic E-state index is 11.4. The van der Waals surface area contributed by atoms with Gasteiger partial charge in [-0.15, -0.1) is 0 Å². The number of aliphatic hydroxyl groups excluding tert-OH is 1. The lowest BCUT2D eigenvalue weighted by Gasteiger charge is -2.46. The molecule has 0 saturated carbocycles. The van der Waals surface area contributed by atoms with E-state index in [9.17, 15) is 24.3 Å². The minimum atomic E-state index is -2.09. The minimum absolute atomic E-state index is 0.358. The van der Waals surface area contributed by atoms with E-state index in [1.54, 1.807) is 0 Å². The summed E-state index contributed by atoms with van der Waals surface area (Å²) in [7, 11) is 0. The number of carbonyl (C=O) groups is 4. The van der Waals surface area contributed by atoms with Crippen molar-refractivity contribution < 1.29 is 48.0 Å². The number of hydrogen-bond donors (Lipinski definition) is 1. The fraction of sp³-hybridized carbons (Fsp3) is 0.714. The maximum absolute atomic E-state index is 11.4. The smallest absolute Gasteiger partial charge is 0.305 e. The van der Waals surface area contributed by atoms with Gasteiger partial charge in [0.1, 0.15) is 6.61 Å². The summed E-state index contributed by atoms with van der Waals surface area (Å²) in [6.07, 6.45) is -3.99. The third kappa shape index (κ3) is 4.90. The van der Waals surface area contributed by atoms with E-state index < -0.39 is 54.6 Å². The zero-order valence-corrected chi connectivity index (χ0v) is 13.8.